The Morgan fingerprint density at radius 1 is 1.36 bits per heavy atom. The first-order valence-corrected chi connectivity index (χ1v) is 10.0. The highest BCUT2D eigenvalue weighted by Crippen LogP contribution is 2.20. The average molecular weight is 383 g/mol. The molecule has 0 spiro atoms. The number of H-pyrrole nitrogens is 1. The second-order valence-corrected chi connectivity index (χ2v) is 8.62. The third-order valence-electron chi connectivity index (χ3n) is 3.45. The highest BCUT2D eigenvalue weighted by Gasteiger charge is 2.24. The van der Waals surface area contributed by atoms with Crippen molar-refractivity contribution in [3.63, 3.8) is 0 Å². The molecular formula is C15H21N5O3S2. The second-order valence-electron chi connectivity index (χ2n) is 5.52. The summed E-state index contributed by atoms with van der Waals surface area (Å²) in [7, 11) is -2.31. The minimum atomic E-state index is -3.71. The number of thioether (sulfide) groups is 1. The first-order valence-electron chi connectivity index (χ1n) is 7.59. The van der Waals surface area contributed by atoms with Crippen LogP contribution in [0.1, 0.15) is 11.1 Å². The Hall–Kier alpha value is -1.91. The third-order valence-corrected chi connectivity index (χ3v) is 6.28. The van der Waals surface area contributed by atoms with E-state index in [0.29, 0.717) is 23.0 Å². The molecule has 0 radical (unpaired) electrons. The molecule has 0 aliphatic heterocycles. The van der Waals surface area contributed by atoms with Crippen molar-refractivity contribution in [2.75, 3.05) is 25.9 Å². The van der Waals surface area contributed by atoms with Gasteiger partial charge in [0.2, 0.25) is 15.9 Å². The first kappa shape index (κ1) is 19.4. The summed E-state index contributed by atoms with van der Waals surface area (Å²) in [6, 6.07) is 5.23. The summed E-state index contributed by atoms with van der Waals surface area (Å²) in [5.41, 5.74) is 1.51. The van der Waals surface area contributed by atoms with Crippen molar-refractivity contribution in [1.29, 1.82) is 0 Å². The molecule has 0 saturated carbocycles. The predicted octanol–water partition coefficient (Wildman–Crippen LogP) is 0.951. The third kappa shape index (κ3) is 5.28. The lowest BCUT2D eigenvalue weighted by Crippen LogP contribution is -2.39. The largest absolute Gasteiger partial charge is 0.354 e. The summed E-state index contributed by atoms with van der Waals surface area (Å²) < 4.78 is 26.4. The van der Waals surface area contributed by atoms with Gasteiger partial charge >= 0.3 is 0 Å². The zero-order chi connectivity index (χ0) is 18.4. The van der Waals surface area contributed by atoms with Gasteiger partial charge in [-0.2, -0.15) is 9.40 Å². The molecular weight excluding hydrogens is 362 g/mol. The zero-order valence-corrected chi connectivity index (χ0v) is 15.9. The van der Waals surface area contributed by atoms with Gasteiger partial charge in [-0.15, -0.1) is 0 Å². The van der Waals surface area contributed by atoms with Gasteiger partial charge in [-0.05, 0) is 31.0 Å². The molecule has 1 aromatic heterocycles. The van der Waals surface area contributed by atoms with Crippen molar-refractivity contribution in [3.8, 4) is 0 Å². The molecule has 1 heterocycles. The molecule has 2 aromatic rings. The monoisotopic (exact) mass is 383 g/mol. The van der Waals surface area contributed by atoms with Crippen LogP contribution in [0, 0.1) is 13.8 Å². The molecule has 1 aromatic carbocycles. The van der Waals surface area contributed by atoms with Gasteiger partial charge in [-0.25, -0.2) is 13.4 Å². The number of carbonyl (C=O) groups is 1. The Morgan fingerprint density at radius 3 is 2.80 bits per heavy atom. The van der Waals surface area contributed by atoms with Crippen LogP contribution in [0.3, 0.4) is 0 Å². The Bertz CT molecular complexity index is 822. The average Bonchev–Trinajstić information content (AvgIpc) is 3.07. The Labute approximate surface area is 151 Å². The number of hydrogen-bond acceptors (Lipinski definition) is 6. The SMILES string of the molecule is Cc1ccc(C)c(S(=O)(=O)N(C)CC(=O)NCCSc2ncn[nH]2)c1. The number of nitrogens with one attached hydrogen (secondary N) is 2. The van der Waals surface area contributed by atoms with E-state index in [1.54, 1.807) is 19.1 Å². The van der Waals surface area contributed by atoms with Gasteiger partial charge in [0.1, 0.15) is 6.33 Å². The lowest BCUT2D eigenvalue weighted by Gasteiger charge is -2.18. The molecule has 0 saturated heterocycles. The van der Waals surface area contributed by atoms with Gasteiger partial charge in [-0.3, -0.25) is 9.89 Å². The topological polar surface area (TPSA) is 108 Å². The maximum absolute atomic E-state index is 12.6. The number of likely N-dealkylation sites (N-methyl/N-ethyl adjacent to an activating group) is 1. The highest BCUT2D eigenvalue weighted by molar-refractivity contribution is 7.99. The molecule has 0 aliphatic rings. The number of benzene rings is 1. The van der Waals surface area contributed by atoms with E-state index in [1.807, 2.05) is 13.0 Å². The molecule has 25 heavy (non-hydrogen) atoms. The van der Waals surface area contributed by atoms with E-state index in [-0.39, 0.29) is 17.3 Å². The molecule has 136 valence electrons. The fraction of sp³-hybridized carbons (Fsp3) is 0.400. The smallest absolute Gasteiger partial charge is 0.243 e. The minimum absolute atomic E-state index is 0.226. The molecule has 0 fully saturated rings. The molecule has 0 aliphatic carbocycles. The standard InChI is InChI=1S/C15H21N5O3S2/c1-11-4-5-12(2)13(8-11)25(22,23)20(3)9-14(21)16-6-7-24-15-17-10-18-19-15/h4-5,8,10H,6-7,9H2,1-3H3,(H,16,21)(H,17,18,19). The van der Waals surface area contributed by atoms with Gasteiger partial charge in [0.15, 0.2) is 5.16 Å². The summed E-state index contributed by atoms with van der Waals surface area (Å²) in [4.78, 5) is 16.2. The quantitative estimate of drug-likeness (QED) is 0.519. The normalized spacial score (nSPS) is 11.7. The summed E-state index contributed by atoms with van der Waals surface area (Å²) in [6.07, 6.45) is 1.41. The zero-order valence-electron chi connectivity index (χ0n) is 14.3. The number of hydrogen-bond donors (Lipinski definition) is 2. The second kappa shape index (κ2) is 8.45. The van der Waals surface area contributed by atoms with E-state index in [9.17, 15) is 13.2 Å². The van der Waals surface area contributed by atoms with E-state index in [2.05, 4.69) is 20.5 Å². The van der Waals surface area contributed by atoms with E-state index < -0.39 is 10.0 Å². The van der Waals surface area contributed by atoms with Crippen molar-refractivity contribution in [2.45, 2.75) is 23.9 Å². The van der Waals surface area contributed by atoms with E-state index >= 15 is 0 Å². The van der Waals surface area contributed by atoms with Crippen molar-refractivity contribution < 1.29 is 13.2 Å². The number of nitrogens with zero attached hydrogens (tertiary/aromatic N) is 3. The number of aryl methyl sites for hydroxylation is 2. The summed E-state index contributed by atoms with van der Waals surface area (Å²) >= 11 is 1.42. The van der Waals surface area contributed by atoms with Gasteiger partial charge in [0.25, 0.3) is 0 Å². The molecule has 0 atom stereocenters. The molecule has 0 bridgehead atoms. The van der Waals surface area contributed by atoms with Crippen LogP contribution >= 0.6 is 11.8 Å². The predicted molar refractivity (Wildman–Crippen MR) is 95.8 cm³/mol. The Balaban J connectivity index is 1.88. The Morgan fingerprint density at radius 2 is 2.12 bits per heavy atom. The number of aromatic amines is 1. The van der Waals surface area contributed by atoms with Crippen LogP contribution in [0.4, 0.5) is 0 Å². The highest BCUT2D eigenvalue weighted by atomic mass is 32.2. The molecule has 2 N–H and O–H groups in total. The van der Waals surface area contributed by atoms with Crippen molar-refractivity contribution in [1.82, 2.24) is 24.8 Å². The lowest BCUT2D eigenvalue weighted by molar-refractivity contribution is -0.121. The molecule has 2 rings (SSSR count). The van der Waals surface area contributed by atoms with Crippen LogP contribution in [0.25, 0.3) is 0 Å². The van der Waals surface area contributed by atoms with Crippen LogP contribution < -0.4 is 5.32 Å². The first-order chi connectivity index (χ1) is 11.8. The van der Waals surface area contributed by atoms with Crippen molar-refractivity contribution >= 4 is 27.7 Å². The number of aromatic nitrogens is 3. The van der Waals surface area contributed by atoms with Crippen LogP contribution in [0.15, 0.2) is 34.6 Å². The minimum Gasteiger partial charge on any atom is -0.354 e. The van der Waals surface area contributed by atoms with Crippen LogP contribution in [-0.2, 0) is 14.8 Å². The summed E-state index contributed by atoms with van der Waals surface area (Å²) in [5, 5.41) is 9.80. The number of amides is 1. The number of carbonyl (C=O) groups excluding carboxylic acids is 1. The lowest BCUT2D eigenvalue weighted by atomic mass is 10.2. The molecule has 0 unspecified atom stereocenters. The van der Waals surface area contributed by atoms with E-state index in [0.717, 1.165) is 9.87 Å². The summed E-state index contributed by atoms with van der Waals surface area (Å²) in [6.45, 7) is 3.74. The summed E-state index contributed by atoms with van der Waals surface area (Å²) in [5.74, 6) is 0.253. The number of sulfonamides is 1. The maximum Gasteiger partial charge on any atom is 0.243 e. The molecule has 8 nitrogen and oxygen atoms in total. The van der Waals surface area contributed by atoms with E-state index in [1.165, 1.54) is 25.1 Å². The van der Waals surface area contributed by atoms with Crippen LogP contribution in [0.2, 0.25) is 0 Å². The van der Waals surface area contributed by atoms with Crippen molar-refractivity contribution in [3.05, 3.63) is 35.7 Å². The van der Waals surface area contributed by atoms with Crippen molar-refractivity contribution in [2.24, 2.45) is 0 Å². The van der Waals surface area contributed by atoms with Gasteiger partial charge < -0.3 is 5.32 Å². The fourth-order valence-electron chi connectivity index (χ4n) is 2.10. The van der Waals surface area contributed by atoms with Crippen LogP contribution in [0.5, 0.6) is 0 Å². The maximum atomic E-state index is 12.6. The fourth-order valence-corrected chi connectivity index (χ4v) is 4.17. The number of rotatable bonds is 8. The van der Waals surface area contributed by atoms with Gasteiger partial charge in [0.05, 0.1) is 11.4 Å². The molecule has 1 amide bonds. The molecule has 10 heteroatoms. The van der Waals surface area contributed by atoms with Crippen LogP contribution in [-0.4, -0.2) is 59.7 Å². The Kier molecular flexibility index (Phi) is 6.57. The van der Waals surface area contributed by atoms with Gasteiger partial charge in [0, 0.05) is 19.3 Å². The van der Waals surface area contributed by atoms with Gasteiger partial charge in [-0.1, -0.05) is 23.9 Å². The van der Waals surface area contributed by atoms with E-state index in [4.69, 9.17) is 0 Å².